The molecule has 0 saturated heterocycles. The van der Waals surface area contributed by atoms with Crippen LogP contribution < -0.4 is 5.32 Å². The summed E-state index contributed by atoms with van der Waals surface area (Å²) in [7, 11) is 0. The van der Waals surface area contributed by atoms with Gasteiger partial charge in [-0.25, -0.2) is 0 Å². The molecule has 31 heavy (non-hydrogen) atoms. The van der Waals surface area contributed by atoms with E-state index in [-0.39, 0.29) is 23.8 Å². The van der Waals surface area contributed by atoms with E-state index >= 15 is 0 Å². The zero-order chi connectivity index (χ0) is 21.0. The monoisotopic (exact) mass is 427 g/mol. The molecule has 1 N–H and O–H groups in total. The van der Waals surface area contributed by atoms with Gasteiger partial charge in [0.2, 0.25) is 0 Å². The minimum atomic E-state index is -0.278. The first-order chi connectivity index (χ1) is 15.1. The van der Waals surface area contributed by atoms with Crippen molar-refractivity contribution in [2.75, 3.05) is 5.75 Å². The van der Waals surface area contributed by atoms with Crippen molar-refractivity contribution in [3.05, 3.63) is 52.7 Å². The van der Waals surface area contributed by atoms with E-state index in [4.69, 9.17) is 12.6 Å². The number of hydrogen-bond donors (Lipinski definition) is 2. The molecule has 2 aliphatic heterocycles. The van der Waals surface area contributed by atoms with Crippen LogP contribution in [0.15, 0.2) is 30.3 Å². The highest BCUT2D eigenvalue weighted by atomic mass is 32.1. The van der Waals surface area contributed by atoms with Crippen molar-refractivity contribution < 1.29 is 9.59 Å². The summed E-state index contributed by atoms with van der Waals surface area (Å²) in [5.41, 5.74) is 6.78. The fourth-order valence-electron chi connectivity index (χ4n) is 6.21. The second-order valence-electron chi connectivity index (χ2n) is 8.98. The lowest BCUT2D eigenvalue weighted by atomic mass is 9.87. The van der Waals surface area contributed by atoms with Gasteiger partial charge in [0.15, 0.2) is 0 Å². The van der Waals surface area contributed by atoms with E-state index in [1.807, 2.05) is 12.1 Å². The Bertz CT molecular complexity index is 1540. The number of nitrogens with one attached hydrogen (secondary N) is 1. The Balaban J connectivity index is 1.87. The van der Waals surface area contributed by atoms with Crippen LogP contribution in [0.3, 0.4) is 0 Å². The summed E-state index contributed by atoms with van der Waals surface area (Å²) in [6.45, 7) is 3.07. The predicted molar refractivity (Wildman–Crippen MR) is 126 cm³/mol. The number of rotatable bonds is 1. The minimum absolute atomic E-state index is 0.226. The Hall–Kier alpha value is -2.99. The zero-order valence-electron chi connectivity index (χ0n) is 17.1. The first-order valence-electron chi connectivity index (χ1n) is 10.9. The van der Waals surface area contributed by atoms with Gasteiger partial charge < -0.3 is 9.13 Å². The van der Waals surface area contributed by atoms with Gasteiger partial charge in [-0.3, -0.25) is 14.9 Å². The van der Waals surface area contributed by atoms with Gasteiger partial charge in [-0.1, -0.05) is 31.2 Å². The Morgan fingerprint density at radius 1 is 1.10 bits per heavy atom. The molecule has 4 aromatic rings. The highest BCUT2D eigenvalue weighted by Crippen LogP contribution is 2.49. The average molecular weight is 428 g/mol. The van der Waals surface area contributed by atoms with Crippen LogP contribution in [0.25, 0.3) is 38.8 Å². The van der Waals surface area contributed by atoms with Crippen LogP contribution in [-0.2, 0) is 6.54 Å². The number of allylic oxidation sites excluding steroid dienone is 1. The van der Waals surface area contributed by atoms with Crippen LogP contribution >= 0.6 is 12.6 Å². The molecule has 0 fully saturated rings. The number of carbonyl (C=O) groups excluding carboxylic acids is 2. The van der Waals surface area contributed by atoms with Gasteiger partial charge in [0, 0.05) is 45.7 Å². The standard InChI is InChI=1S/C25H21N3O2S/c1-12-5-4-8-16-17(12)19-21-20(24(29)26-25(21)30)18-14-6-2-3-7-15(14)27-10-9-13(11-31)28(16)23(19)22(18)27/h2-4,6-8,12-13,31H,5,9-11H2,1H3,(H,26,29,30). The first kappa shape index (κ1) is 17.7. The number of aryl methyl sites for hydroxylation is 1. The lowest BCUT2D eigenvalue weighted by Gasteiger charge is -2.21. The molecule has 4 heterocycles. The molecule has 7 rings (SSSR count). The Morgan fingerprint density at radius 2 is 1.87 bits per heavy atom. The third kappa shape index (κ3) is 1.95. The second-order valence-corrected chi connectivity index (χ2v) is 9.35. The van der Waals surface area contributed by atoms with Gasteiger partial charge >= 0.3 is 0 Å². The maximum absolute atomic E-state index is 13.2. The average Bonchev–Trinajstić information content (AvgIpc) is 3.33. The molecular weight excluding hydrogens is 406 g/mol. The number of fused-ring (bicyclic) bond motifs is 9. The fraction of sp³-hybridized carbons (Fsp3) is 0.280. The number of carbonyl (C=O) groups is 2. The SMILES string of the molecule is CC1CC=Cc2c1c1c3c(c4c5ccccc5n5c4c1n2C(CS)CC5)C(=O)NC3=O. The van der Waals surface area contributed by atoms with Gasteiger partial charge in [-0.05, 0) is 36.5 Å². The Labute approximate surface area is 184 Å². The summed E-state index contributed by atoms with van der Waals surface area (Å²) in [4.78, 5) is 26.2. The zero-order valence-corrected chi connectivity index (χ0v) is 18.0. The second kappa shape index (κ2) is 5.82. The van der Waals surface area contributed by atoms with E-state index in [1.165, 1.54) is 11.3 Å². The molecule has 0 saturated carbocycles. The Kier molecular flexibility index (Phi) is 3.32. The summed E-state index contributed by atoms with van der Waals surface area (Å²) in [5, 5.41) is 5.52. The van der Waals surface area contributed by atoms with Gasteiger partial charge in [0.25, 0.3) is 11.8 Å². The number of benzene rings is 2. The summed E-state index contributed by atoms with van der Waals surface area (Å²) < 4.78 is 4.79. The van der Waals surface area contributed by atoms with Crippen molar-refractivity contribution in [1.82, 2.24) is 14.5 Å². The molecule has 2 aromatic carbocycles. The lowest BCUT2D eigenvalue weighted by molar-refractivity contribution is 0.0880. The quantitative estimate of drug-likeness (QED) is 0.331. The fourth-order valence-corrected chi connectivity index (χ4v) is 6.55. The van der Waals surface area contributed by atoms with Crippen molar-refractivity contribution in [2.24, 2.45) is 0 Å². The summed E-state index contributed by atoms with van der Waals surface area (Å²) >= 11 is 4.72. The summed E-state index contributed by atoms with van der Waals surface area (Å²) in [6.07, 6.45) is 6.32. The molecule has 0 spiro atoms. The first-order valence-corrected chi connectivity index (χ1v) is 11.5. The number of imide groups is 1. The number of para-hydroxylation sites is 1. The molecule has 2 unspecified atom stereocenters. The molecule has 3 aliphatic rings. The van der Waals surface area contributed by atoms with Crippen LogP contribution in [0.1, 0.15) is 63.7 Å². The van der Waals surface area contributed by atoms with Crippen molar-refractivity contribution in [2.45, 2.75) is 38.3 Å². The molecule has 1 aliphatic carbocycles. The molecule has 2 aromatic heterocycles. The largest absolute Gasteiger partial charge is 0.339 e. The van der Waals surface area contributed by atoms with E-state index in [2.05, 4.69) is 45.7 Å². The number of thiol groups is 1. The van der Waals surface area contributed by atoms with E-state index in [9.17, 15) is 9.59 Å². The van der Waals surface area contributed by atoms with Gasteiger partial charge in [0.1, 0.15) is 0 Å². The summed E-state index contributed by atoms with van der Waals surface area (Å²) in [5.74, 6) is 0.462. The van der Waals surface area contributed by atoms with E-state index in [0.717, 1.165) is 57.8 Å². The Morgan fingerprint density at radius 3 is 2.68 bits per heavy atom. The smallest absolute Gasteiger partial charge is 0.259 e. The molecule has 5 nitrogen and oxygen atoms in total. The third-order valence-corrected chi connectivity index (χ3v) is 7.85. The van der Waals surface area contributed by atoms with Gasteiger partial charge in [0.05, 0.1) is 22.2 Å². The molecule has 0 bridgehead atoms. The molecular formula is C25H21N3O2S. The molecule has 154 valence electrons. The number of hydrogen-bond acceptors (Lipinski definition) is 3. The topological polar surface area (TPSA) is 56.0 Å². The van der Waals surface area contributed by atoms with Gasteiger partial charge in [-0.15, -0.1) is 0 Å². The van der Waals surface area contributed by atoms with Gasteiger partial charge in [-0.2, -0.15) is 12.6 Å². The van der Waals surface area contributed by atoms with Crippen molar-refractivity contribution in [3.63, 3.8) is 0 Å². The molecule has 2 amide bonds. The van der Waals surface area contributed by atoms with Crippen LogP contribution in [-0.4, -0.2) is 26.7 Å². The number of amides is 2. The van der Waals surface area contributed by atoms with E-state index < -0.39 is 0 Å². The van der Waals surface area contributed by atoms with Crippen LogP contribution in [0.2, 0.25) is 0 Å². The lowest BCUT2D eigenvalue weighted by Crippen LogP contribution is -2.20. The summed E-state index contributed by atoms with van der Waals surface area (Å²) in [6, 6.07) is 8.48. The highest BCUT2D eigenvalue weighted by molar-refractivity contribution is 7.80. The maximum atomic E-state index is 13.2. The third-order valence-electron chi connectivity index (χ3n) is 7.43. The van der Waals surface area contributed by atoms with Crippen molar-refractivity contribution >= 4 is 63.2 Å². The number of nitrogens with zero attached hydrogens (tertiary/aromatic N) is 2. The molecule has 6 heteroatoms. The minimum Gasteiger partial charge on any atom is -0.339 e. The highest BCUT2D eigenvalue weighted by Gasteiger charge is 2.40. The molecule has 2 atom stereocenters. The van der Waals surface area contributed by atoms with Crippen molar-refractivity contribution in [3.8, 4) is 0 Å². The number of aromatic nitrogens is 2. The van der Waals surface area contributed by atoms with Crippen LogP contribution in [0, 0.1) is 0 Å². The van der Waals surface area contributed by atoms with E-state index in [1.54, 1.807) is 0 Å². The van der Waals surface area contributed by atoms with Crippen molar-refractivity contribution in [1.29, 1.82) is 0 Å². The normalized spacial score (nSPS) is 21.9. The van der Waals surface area contributed by atoms with E-state index in [0.29, 0.717) is 11.1 Å². The molecule has 0 radical (unpaired) electrons. The van der Waals surface area contributed by atoms with Crippen LogP contribution in [0.4, 0.5) is 0 Å². The van der Waals surface area contributed by atoms with Crippen LogP contribution in [0.5, 0.6) is 0 Å². The maximum Gasteiger partial charge on any atom is 0.259 e. The predicted octanol–water partition coefficient (Wildman–Crippen LogP) is 5.03.